The van der Waals surface area contributed by atoms with Gasteiger partial charge in [0.1, 0.15) is 0 Å². The highest BCUT2D eigenvalue weighted by molar-refractivity contribution is 4.80. The van der Waals surface area contributed by atoms with Crippen molar-refractivity contribution in [1.82, 2.24) is 4.90 Å². The van der Waals surface area contributed by atoms with Crippen molar-refractivity contribution in [2.24, 2.45) is 11.7 Å². The first-order valence-corrected chi connectivity index (χ1v) is 6.28. The van der Waals surface area contributed by atoms with Gasteiger partial charge in [-0.05, 0) is 46.2 Å². The first-order valence-electron chi connectivity index (χ1n) is 6.28. The minimum Gasteiger partial charge on any atom is -0.379 e. The molecule has 0 heterocycles. The van der Waals surface area contributed by atoms with Gasteiger partial charge in [-0.15, -0.1) is 0 Å². The molecule has 98 valence electrons. The average Bonchev–Trinajstić information content (AvgIpc) is 2.22. The van der Waals surface area contributed by atoms with E-state index in [2.05, 4.69) is 39.6 Å². The number of nitrogens with two attached hydrogens (primary N) is 1. The van der Waals surface area contributed by atoms with Crippen molar-refractivity contribution in [1.29, 1.82) is 0 Å². The fourth-order valence-electron chi connectivity index (χ4n) is 1.71. The van der Waals surface area contributed by atoms with Gasteiger partial charge in [-0.3, -0.25) is 0 Å². The van der Waals surface area contributed by atoms with Gasteiger partial charge in [0.15, 0.2) is 0 Å². The molecule has 0 aromatic carbocycles. The summed E-state index contributed by atoms with van der Waals surface area (Å²) in [6.07, 6.45) is 2.20. The Labute approximate surface area is 101 Å². The van der Waals surface area contributed by atoms with E-state index in [4.69, 9.17) is 10.5 Å². The van der Waals surface area contributed by atoms with Crippen molar-refractivity contribution in [3.05, 3.63) is 0 Å². The molecule has 0 bridgehead atoms. The summed E-state index contributed by atoms with van der Waals surface area (Å²) < 4.78 is 5.46. The molecule has 0 saturated heterocycles. The molecule has 2 N–H and O–H groups in total. The second-order valence-electron chi connectivity index (χ2n) is 5.72. The summed E-state index contributed by atoms with van der Waals surface area (Å²) >= 11 is 0. The molecule has 0 saturated carbocycles. The highest BCUT2D eigenvalue weighted by atomic mass is 16.5. The minimum atomic E-state index is -0.0872. The lowest BCUT2D eigenvalue weighted by atomic mass is 9.97. The smallest absolute Gasteiger partial charge is 0.0638 e. The van der Waals surface area contributed by atoms with E-state index < -0.39 is 0 Å². The lowest BCUT2D eigenvalue weighted by molar-refractivity contribution is -0.00483. The molecule has 0 aliphatic rings. The van der Waals surface area contributed by atoms with E-state index in [0.717, 1.165) is 18.9 Å². The normalized spacial score (nSPS) is 14.8. The molecule has 0 aromatic heterocycles. The van der Waals surface area contributed by atoms with Gasteiger partial charge < -0.3 is 15.4 Å². The molecule has 0 aliphatic carbocycles. The number of ether oxygens (including phenoxy) is 1. The Morgan fingerprint density at radius 2 is 1.88 bits per heavy atom. The lowest BCUT2D eigenvalue weighted by Gasteiger charge is -2.34. The monoisotopic (exact) mass is 230 g/mol. The fraction of sp³-hybridized carbons (Fsp3) is 1.00. The third-order valence-electron chi connectivity index (χ3n) is 3.23. The molecule has 0 rings (SSSR count). The Bertz CT molecular complexity index is 181. The molecule has 3 nitrogen and oxygen atoms in total. The number of hydrogen-bond acceptors (Lipinski definition) is 3. The van der Waals surface area contributed by atoms with Crippen molar-refractivity contribution in [3.63, 3.8) is 0 Å². The Balaban J connectivity index is 4.16. The lowest BCUT2D eigenvalue weighted by Crippen LogP contribution is -2.44. The topological polar surface area (TPSA) is 38.5 Å². The summed E-state index contributed by atoms with van der Waals surface area (Å²) in [6, 6.07) is 0.411. The maximum Gasteiger partial charge on any atom is 0.0638 e. The Morgan fingerprint density at radius 3 is 2.25 bits per heavy atom. The second-order valence-corrected chi connectivity index (χ2v) is 5.72. The van der Waals surface area contributed by atoms with Gasteiger partial charge in [0.05, 0.1) is 5.60 Å². The Hall–Kier alpha value is -0.120. The van der Waals surface area contributed by atoms with Crippen molar-refractivity contribution < 1.29 is 4.74 Å². The van der Waals surface area contributed by atoms with Crippen LogP contribution in [0.3, 0.4) is 0 Å². The zero-order valence-corrected chi connectivity index (χ0v) is 11.9. The van der Waals surface area contributed by atoms with Crippen LogP contribution in [0, 0.1) is 5.92 Å². The number of methoxy groups -OCH3 is 1. The third-order valence-corrected chi connectivity index (χ3v) is 3.23. The highest BCUT2D eigenvalue weighted by Crippen LogP contribution is 2.18. The number of rotatable bonds is 8. The van der Waals surface area contributed by atoms with E-state index in [9.17, 15) is 0 Å². The van der Waals surface area contributed by atoms with E-state index in [0.29, 0.717) is 12.6 Å². The van der Waals surface area contributed by atoms with Gasteiger partial charge in [-0.2, -0.15) is 0 Å². The van der Waals surface area contributed by atoms with Crippen LogP contribution in [0.15, 0.2) is 0 Å². The first-order chi connectivity index (χ1) is 7.32. The summed E-state index contributed by atoms with van der Waals surface area (Å²) in [5.74, 6) is 0.747. The van der Waals surface area contributed by atoms with Crippen LogP contribution in [-0.4, -0.2) is 43.8 Å². The predicted molar refractivity (Wildman–Crippen MR) is 70.6 cm³/mol. The van der Waals surface area contributed by atoms with Gasteiger partial charge in [0.25, 0.3) is 0 Å². The molecule has 0 amide bonds. The number of hydrogen-bond donors (Lipinski definition) is 1. The van der Waals surface area contributed by atoms with E-state index in [-0.39, 0.29) is 5.60 Å². The van der Waals surface area contributed by atoms with Crippen LogP contribution in [0.1, 0.15) is 40.5 Å². The van der Waals surface area contributed by atoms with Crippen molar-refractivity contribution in [3.8, 4) is 0 Å². The van der Waals surface area contributed by atoms with Crippen LogP contribution in [-0.2, 0) is 4.74 Å². The van der Waals surface area contributed by atoms with Crippen molar-refractivity contribution in [2.45, 2.75) is 52.2 Å². The maximum atomic E-state index is 5.84. The molecule has 1 unspecified atom stereocenters. The minimum absolute atomic E-state index is 0.0872. The van der Waals surface area contributed by atoms with Crippen LogP contribution in [0.4, 0.5) is 0 Å². The molecule has 1 atom stereocenters. The molecule has 0 fully saturated rings. The molecular weight excluding hydrogens is 200 g/mol. The summed E-state index contributed by atoms with van der Waals surface area (Å²) in [7, 11) is 3.92. The van der Waals surface area contributed by atoms with E-state index in [1.165, 1.54) is 6.42 Å². The number of likely N-dealkylation sites (N-methyl/N-ethyl adjacent to an activating group) is 1. The van der Waals surface area contributed by atoms with Crippen LogP contribution >= 0.6 is 0 Å². The Kier molecular flexibility index (Phi) is 7.20. The van der Waals surface area contributed by atoms with Crippen molar-refractivity contribution in [2.75, 3.05) is 27.2 Å². The van der Waals surface area contributed by atoms with Gasteiger partial charge in [-0.1, -0.05) is 13.8 Å². The van der Waals surface area contributed by atoms with E-state index in [1.807, 2.05) is 0 Å². The summed E-state index contributed by atoms with van der Waals surface area (Å²) in [4.78, 5) is 2.36. The quantitative estimate of drug-likeness (QED) is 0.694. The van der Waals surface area contributed by atoms with Crippen LogP contribution < -0.4 is 5.73 Å². The standard InChI is InChI=1S/C13H30N2O/c1-11(2)7-8-15(5)12(10-14)9-13(3,4)16-6/h11-12H,7-10,14H2,1-6H3. The second kappa shape index (κ2) is 7.25. The van der Waals surface area contributed by atoms with Gasteiger partial charge >= 0.3 is 0 Å². The molecule has 0 aromatic rings. The van der Waals surface area contributed by atoms with E-state index in [1.54, 1.807) is 7.11 Å². The molecule has 0 spiro atoms. The molecule has 0 aliphatic heterocycles. The molecule has 16 heavy (non-hydrogen) atoms. The largest absolute Gasteiger partial charge is 0.379 e. The summed E-state index contributed by atoms with van der Waals surface area (Å²) in [5, 5.41) is 0. The number of nitrogens with zero attached hydrogens (tertiary/aromatic N) is 1. The van der Waals surface area contributed by atoms with Crippen LogP contribution in [0.2, 0.25) is 0 Å². The van der Waals surface area contributed by atoms with Crippen molar-refractivity contribution >= 4 is 0 Å². The SMILES string of the molecule is COC(C)(C)CC(CN)N(C)CCC(C)C. The highest BCUT2D eigenvalue weighted by Gasteiger charge is 2.24. The third kappa shape index (κ3) is 6.46. The van der Waals surface area contributed by atoms with E-state index >= 15 is 0 Å². The zero-order chi connectivity index (χ0) is 12.8. The van der Waals surface area contributed by atoms with Crippen LogP contribution in [0.5, 0.6) is 0 Å². The average molecular weight is 230 g/mol. The summed E-state index contributed by atoms with van der Waals surface area (Å²) in [6.45, 7) is 10.5. The maximum absolute atomic E-state index is 5.84. The van der Waals surface area contributed by atoms with Gasteiger partial charge in [0, 0.05) is 19.7 Å². The first kappa shape index (κ1) is 15.9. The Morgan fingerprint density at radius 1 is 1.31 bits per heavy atom. The zero-order valence-electron chi connectivity index (χ0n) is 11.9. The van der Waals surface area contributed by atoms with Gasteiger partial charge in [0.2, 0.25) is 0 Å². The summed E-state index contributed by atoms with van der Waals surface area (Å²) in [5.41, 5.74) is 5.76. The fourth-order valence-corrected chi connectivity index (χ4v) is 1.71. The molecule has 3 heteroatoms. The molecule has 0 radical (unpaired) electrons. The van der Waals surface area contributed by atoms with Gasteiger partial charge in [-0.25, -0.2) is 0 Å². The predicted octanol–water partition coefficient (Wildman–Crippen LogP) is 2.11. The van der Waals surface area contributed by atoms with Crippen LogP contribution in [0.25, 0.3) is 0 Å². The molecular formula is C13H30N2O.